The predicted molar refractivity (Wildman–Crippen MR) is 105 cm³/mol. The Morgan fingerprint density at radius 2 is 2.00 bits per heavy atom. The summed E-state index contributed by atoms with van der Waals surface area (Å²) in [6, 6.07) is 0. The first-order valence-corrected chi connectivity index (χ1v) is 11.2. The van der Waals surface area contributed by atoms with Crippen LogP contribution in [0.2, 0.25) is 0 Å². The molecule has 2 unspecified atom stereocenters. The van der Waals surface area contributed by atoms with Crippen molar-refractivity contribution in [1.29, 1.82) is 0 Å². The molecule has 136 valence electrons. The average Bonchev–Trinajstić information content (AvgIpc) is 2.64. The summed E-state index contributed by atoms with van der Waals surface area (Å²) >= 11 is 1.60. The lowest BCUT2D eigenvalue weighted by molar-refractivity contribution is 0.153. The van der Waals surface area contributed by atoms with Gasteiger partial charge >= 0.3 is 0 Å². The maximum absolute atomic E-state index is 13.6. The van der Waals surface area contributed by atoms with Gasteiger partial charge in [0.05, 0.1) is 5.69 Å². The molecule has 0 N–H and O–H groups in total. The van der Waals surface area contributed by atoms with Crippen LogP contribution >= 0.6 is 11.8 Å². The SMILES string of the molecule is C=CCn1c(SC)nc2c(c1=O)C1(CCCCC1)CC1CCCCC21. The molecule has 3 aliphatic rings. The first-order valence-electron chi connectivity index (χ1n) is 10.0. The van der Waals surface area contributed by atoms with Gasteiger partial charge in [-0.15, -0.1) is 6.58 Å². The second-order valence-corrected chi connectivity index (χ2v) is 9.03. The van der Waals surface area contributed by atoms with Crippen molar-refractivity contribution in [3.8, 4) is 0 Å². The van der Waals surface area contributed by atoms with Crippen molar-refractivity contribution >= 4 is 11.8 Å². The van der Waals surface area contributed by atoms with Gasteiger partial charge in [-0.3, -0.25) is 9.36 Å². The highest BCUT2D eigenvalue weighted by atomic mass is 32.2. The minimum absolute atomic E-state index is 0.107. The molecule has 0 radical (unpaired) electrons. The lowest BCUT2D eigenvalue weighted by Crippen LogP contribution is -2.46. The Labute approximate surface area is 155 Å². The Kier molecular flexibility index (Phi) is 4.83. The van der Waals surface area contributed by atoms with Crippen molar-refractivity contribution in [3.05, 3.63) is 34.3 Å². The Morgan fingerprint density at radius 3 is 2.72 bits per heavy atom. The molecule has 3 nitrogen and oxygen atoms in total. The molecule has 1 heterocycles. The summed E-state index contributed by atoms with van der Waals surface area (Å²) < 4.78 is 1.87. The fourth-order valence-electron chi connectivity index (χ4n) is 5.86. The van der Waals surface area contributed by atoms with E-state index < -0.39 is 0 Å². The second kappa shape index (κ2) is 6.94. The highest BCUT2D eigenvalue weighted by Gasteiger charge is 2.48. The van der Waals surface area contributed by atoms with Crippen LogP contribution in [-0.4, -0.2) is 15.8 Å². The normalized spacial score (nSPS) is 27.6. The van der Waals surface area contributed by atoms with E-state index in [1.54, 1.807) is 11.8 Å². The molecule has 3 aliphatic carbocycles. The van der Waals surface area contributed by atoms with Gasteiger partial charge in [-0.05, 0) is 44.3 Å². The van der Waals surface area contributed by atoms with E-state index in [2.05, 4.69) is 6.58 Å². The van der Waals surface area contributed by atoms with Gasteiger partial charge in [0, 0.05) is 23.4 Å². The second-order valence-electron chi connectivity index (χ2n) is 8.26. The average molecular weight is 359 g/mol. The molecular formula is C21H30N2OS. The lowest BCUT2D eigenvalue weighted by Gasteiger charge is -2.48. The van der Waals surface area contributed by atoms with Crippen LogP contribution < -0.4 is 5.56 Å². The van der Waals surface area contributed by atoms with Crippen molar-refractivity contribution < 1.29 is 0 Å². The molecule has 0 saturated heterocycles. The molecule has 1 aromatic rings. The number of allylic oxidation sites excluding steroid dienone is 1. The molecule has 0 aliphatic heterocycles. The summed E-state index contributed by atoms with van der Waals surface area (Å²) in [7, 11) is 0. The molecule has 4 heteroatoms. The number of hydrogen-bond acceptors (Lipinski definition) is 3. The lowest BCUT2D eigenvalue weighted by atomic mass is 9.56. The number of fused-ring (bicyclic) bond motifs is 4. The van der Waals surface area contributed by atoms with Gasteiger partial charge in [-0.25, -0.2) is 4.98 Å². The highest BCUT2D eigenvalue weighted by molar-refractivity contribution is 7.98. The van der Waals surface area contributed by atoms with E-state index in [9.17, 15) is 4.79 Å². The van der Waals surface area contributed by atoms with Gasteiger partial charge in [0.1, 0.15) is 0 Å². The third-order valence-corrected chi connectivity index (χ3v) is 7.59. The first kappa shape index (κ1) is 17.4. The van der Waals surface area contributed by atoms with Crippen LogP contribution in [0.5, 0.6) is 0 Å². The van der Waals surface area contributed by atoms with E-state index in [0.29, 0.717) is 12.5 Å². The zero-order valence-corrected chi connectivity index (χ0v) is 16.2. The summed E-state index contributed by atoms with van der Waals surface area (Å²) in [5, 5.41) is 0.876. The van der Waals surface area contributed by atoms with Gasteiger partial charge in [0.2, 0.25) is 0 Å². The van der Waals surface area contributed by atoms with E-state index in [0.717, 1.165) is 16.6 Å². The Morgan fingerprint density at radius 1 is 1.24 bits per heavy atom. The number of rotatable bonds is 3. The van der Waals surface area contributed by atoms with Crippen molar-refractivity contribution in [2.75, 3.05) is 6.26 Å². The minimum Gasteiger partial charge on any atom is -0.284 e. The third kappa shape index (κ3) is 2.81. The summed E-state index contributed by atoms with van der Waals surface area (Å²) in [6.07, 6.45) is 16.5. The molecule has 0 bridgehead atoms. The quantitative estimate of drug-likeness (QED) is 0.432. The maximum Gasteiger partial charge on any atom is 0.258 e. The van der Waals surface area contributed by atoms with Gasteiger partial charge in [0.25, 0.3) is 5.56 Å². The summed E-state index contributed by atoms with van der Waals surface area (Å²) in [6.45, 7) is 4.43. The van der Waals surface area contributed by atoms with E-state index in [1.165, 1.54) is 69.9 Å². The van der Waals surface area contributed by atoms with E-state index in [-0.39, 0.29) is 11.0 Å². The molecule has 2 fully saturated rings. The zero-order chi connectivity index (χ0) is 17.4. The largest absolute Gasteiger partial charge is 0.284 e. The van der Waals surface area contributed by atoms with Crippen LogP contribution in [0.1, 0.15) is 81.4 Å². The third-order valence-electron chi connectivity index (χ3n) is 6.91. The Balaban J connectivity index is 1.94. The summed E-state index contributed by atoms with van der Waals surface area (Å²) in [5.41, 5.74) is 2.64. The molecule has 25 heavy (non-hydrogen) atoms. The van der Waals surface area contributed by atoms with Crippen LogP contribution in [0.25, 0.3) is 0 Å². The van der Waals surface area contributed by atoms with Crippen molar-refractivity contribution in [3.63, 3.8) is 0 Å². The number of hydrogen-bond donors (Lipinski definition) is 0. The van der Waals surface area contributed by atoms with Gasteiger partial charge < -0.3 is 0 Å². The van der Waals surface area contributed by atoms with E-state index in [1.807, 2.05) is 16.9 Å². The van der Waals surface area contributed by atoms with E-state index >= 15 is 0 Å². The number of nitrogens with zero attached hydrogens (tertiary/aromatic N) is 2. The molecule has 0 amide bonds. The van der Waals surface area contributed by atoms with Crippen molar-refractivity contribution in [2.24, 2.45) is 5.92 Å². The van der Waals surface area contributed by atoms with Crippen LogP contribution in [-0.2, 0) is 12.0 Å². The standard InChI is InChI=1S/C21H30N2OS/c1-3-13-23-19(24)17-18(22-20(23)25-2)16-10-6-5-9-15(16)14-21(17)11-7-4-8-12-21/h3,15-16H,1,4-14H2,2H3. The Hall–Kier alpha value is -1.03. The van der Waals surface area contributed by atoms with Crippen LogP contribution in [0.15, 0.2) is 22.6 Å². The monoisotopic (exact) mass is 358 g/mol. The zero-order valence-electron chi connectivity index (χ0n) is 15.4. The Bertz CT molecular complexity index is 717. The van der Waals surface area contributed by atoms with Crippen molar-refractivity contribution in [2.45, 2.75) is 87.2 Å². The maximum atomic E-state index is 13.6. The van der Waals surface area contributed by atoms with Gasteiger partial charge in [0.15, 0.2) is 5.16 Å². The number of thioether (sulfide) groups is 1. The van der Waals surface area contributed by atoms with Crippen LogP contribution in [0, 0.1) is 5.92 Å². The smallest absolute Gasteiger partial charge is 0.258 e. The molecule has 0 aromatic carbocycles. The molecule has 2 atom stereocenters. The minimum atomic E-state index is 0.107. The first-order chi connectivity index (χ1) is 12.2. The summed E-state index contributed by atoms with van der Waals surface area (Å²) in [4.78, 5) is 18.7. The van der Waals surface area contributed by atoms with Crippen LogP contribution in [0.3, 0.4) is 0 Å². The fourth-order valence-corrected chi connectivity index (χ4v) is 6.43. The molecule has 1 spiro atoms. The summed E-state index contributed by atoms with van der Waals surface area (Å²) in [5.74, 6) is 1.27. The van der Waals surface area contributed by atoms with Gasteiger partial charge in [-0.2, -0.15) is 0 Å². The highest BCUT2D eigenvalue weighted by Crippen LogP contribution is 2.55. The molecule has 4 rings (SSSR count). The van der Waals surface area contributed by atoms with E-state index in [4.69, 9.17) is 4.98 Å². The molecule has 2 saturated carbocycles. The van der Waals surface area contributed by atoms with Gasteiger partial charge in [-0.1, -0.05) is 49.9 Å². The van der Waals surface area contributed by atoms with Crippen LogP contribution in [0.4, 0.5) is 0 Å². The fraction of sp³-hybridized carbons (Fsp3) is 0.714. The van der Waals surface area contributed by atoms with Crippen molar-refractivity contribution in [1.82, 2.24) is 9.55 Å². The predicted octanol–water partition coefficient (Wildman–Crippen LogP) is 5.03. The molecular weight excluding hydrogens is 328 g/mol. The number of aromatic nitrogens is 2. The topological polar surface area (TPSA) is 34.9 Å². The molecule has 1 aromatic heterocycles.